The Morgan fingerprint density at radius 2 is 1.62 bits per heavy atom. The molecule has 2 N–H and O–H groups in total. The van der Waals surface area contributed by atoms with E-state index in [4.69, 9.17) is 5.73 Å². The van der Waals surface area contributed by atoms with E-state index in [0.29, 0.717) is 21.3 Å². The topological polar surface area (TPSA) is 61.0 Å². The van der Waals surface area contributed by atoms with Crippen LogP contribution < -0.4 is 10.5 Å². The van der Waals surface area contributed by atoms with Gasteiger partial charge in [-0.05, 0) is 55.0 Å². The van der Waals surface area contributed by atoms with Gasteiger partial charge in [0.25, 0.3) is 0 Å². The van der Waals surface area contributed by atoms with Crippen molar-refractivity contribution in [3.63, 3.8) is 0 Å². The first-order valence-corrected chi connectivity index (χ1v) is 8.30. The summed E-state index contributed by atoms with van der Waals surface area (Å²) in [6.07, 6.45) is -4.71. The quantitative estimate of drug-likeness (QED) is 0.620. The average molecular weight is 377 g/mol. The molecular formula is C18H14F3N3OS. The number of nitrogens with zero attached hydrogens (tertiary/aromatic N) is 2. The molecule has 8 heteroatoms. The average Bonchev–Trinajstić information content (AvgIpc) is 3.04. The fourth-order valence-corrected chi connectivity index (χ4v) is 3.16. The molecule has 0 radical (unpaired) electrons. The van der Waals surface area contributed by atoms with E-state index in [-0.39, 0.29) is 5.75 Å². The van der Waals surface area contributed by atoms with Gasteiger partial charge in [-0.1, -0.05) is 17.9 Å². The Kier molecular flexibility index (Phi) is 4.69. The molecule has 0 aliphatic heterocycles. The maximum atomic E-state index is 12.2. The summed E-state index contributed by atoms with van der Waals surface area (Å²) in [5, 5.41) is 9.55. The molecule has 1 aromatic heterocycles. The zero-order valence-corrected chi connectivity index (χ0v) is 14.5. The molecule has 1 heterocycles. The number of hydrogen-bond donors (Lipinski definition) is 1. The van der Waals surface area contributed by atoms with Crippen molar-refractivity contribution in [1.82, 2.24) is 10.2 Å². The molecule has 0 aliphatic carbocycles. The molecule has 3 aromatic rings. The van der Waals surface area contributed by atoms with Gasteiger partial charge in [-0.25, -0.2) is 0 Å². The van der Waals surface area contributed by atoms with Crippen molar-refractivity contribution >= 4 is 22.6 Å². The Labute approximate surface area is 151 Å². The molecule has 0 saturated carbocycles. The summed E-state index contributed by atoms with van der Waals surface area (Å²) < 4.78 is 40.5. The third-order valence-electron chi connectivity index (χ3n) is 3.52. The predicted molar refractivity (Wildman–Crippen MR) is 96.6 cm³/mol. The Hall–Kier alpha value is -2.87. The second kappa shape index (κ2) is 6.80. The molecule has 0 atom stereocenters. The van der Waals surface area contributed by atoms with Crippen LogP contribution in [0.1, 0.15) is 12.5 Å². The number of halogens is 3. The Morgan fingerprint density at radius 1 is 1.04 bits per heavy atom. The number of ether oxygens (including phenoxy) is 1. The van der Waals surface area contributed by atoms with Crippen molar-refractivity contribution in [3.8, 4) is 26.9 Å². The number of anilines is 1. The highest BCUT2D eigenvalue weighted by atomic mass is 32.1. The lowest BCUT2D eigenvalue weighted by Crippen LogP contribution is -2.16. The van der Waals surface area contributed by atoms with Crippen LogP contribution >= 0.6 is 11.3 Å². The van der Waals surface area contributed by atoms with Crippen LogP contribution in [0.3, 0.4) is 0 Å². The van der Waals surface area contributed by atoms with Crippen LogP contribution in [0.2, 0.25) is 0 Å². The summed E-state index contributed by atoms with van der Waals surface area (Å²) in [5.41, 5.74) is 9.75. The fraction of sp³-hybridized carbons (Fsp3) is 0.111. The Morgan fingerprint density at radius 3 is 2.19 bits per heavy atom. The van der Waals surface area contributed by atoms with Gasteiger partial charge < -0.3 is 10.5 Å². The summed E-state index contributed by atoms with van der Waals surface area (Å²) in [6.45, 7) is 5.77. The maximum Gasteiger partial charge on any atom is 0.573 e. The molecule has 0 fully saturated rings. The molecule has 0 spiro atoms. The smallest absolute Gasteiger partial charge is 0.406 e. The van der Waals surface area contributed by atoms with E-state index in [1.807, 2.05) is 19.1 Å². The van der Waals surface area contributed by atoms with Gasteiger partial charge in [-0.15, -0.1) is 23.4 Å². The maximum absolute atomic E-state index is 12.2. The lowest BCUT2D eigenvalue weighted by molar-refractivity contribution is -0.274. The van der Waals surface area contributed by atoms with Crippen LogP contribution in [0.25, 0.3) is 26.7 Å². The normalized spacial score (nSPS) is 11.4. The summed E-state index contributed by atoms with van der Waals surface area (Å²) in [6, 6.07) is 11.0. The Bertz CT molecular complexity index is 949. The second-order valence-electron chi connectivity index (χ2n) is 5.57. The highest BCUT2D eigenvalue weighted by Crippen LogP contribution is 2.33. The molecular weight excluding hydrogens is 363 g/mol. The van der Waals surface area contributed by atoms with Crippen molar-refractivity contribution in [2.24, 2.45) is 0 Å². The van der Waals surface area contributed by atoms with Crippen LogP contribution in [-0.4, -0.2) is 16.6 Å². The number of nitrogens with two attached hydrogens (primary N) is 1. The summed E-state index contributed by atoms with van der Waals surface area (Å²) >= 11 is 1.33. The van der Waals surface area contributed by atoms with Gasteiger partial charge in [0.1, 0.15) is 15.8 Å². The van der Waals surface area contributed by atoms with Crippen molar-refractivity contribution < 1.29 is 17.9 Å². The van der Waals surface area contributed by atoms with Crippen molar-refractivity contribution in [2.45, 2.75) is 13.3 Å². The van der Waals surface area contributed by atoms with Gasteiger partial charge in [0.15, 0.2) is 0 Å². The number of benzene rings is 2. The van der Waals surface area contributed by atoms with Crippen LogP contribution in [0.5, 0.6) is 5.75 Å². The molecule has 0 unspecified atom stereocenters. The fourth-order valence-electron chi connectivity index (χ4n) is 2.31. The van der Waals surface area contributed by atoms with Crippen LogP contribution in [0.4, 0.5) is 18.9 Å². The standard InChI is InChI=1S/C18H14F3N3OS/c1-10(2)14-9-12(5-8-15(14)22)17-24-23-16(26-17)11-3-6-13(7-4-11)25-18(19,20)21/h3-9H,1,22H2,2H3. The molecule has 0 bridgehead atoms. The molecule has 3 rings (SSSR count). The lowest BCUT2D eigenvalue weighted by atomic mass is 10.0. The summed E-state index contributed by atoms with van der Waals surface area (Å²) in [4.78, 5) is 0. The van der Waals surface area contributed by atoms with Crippen LogP contribution in [-0.2, 0) is 0 Å². The minimum absolute atomic E-state index is 0.282. The van der Waals surface area contributed by atoms with E-state index in [0.717, 1.165) is 16.7 Å². The monoisotopic (exact) mass is 377 g/mol. The zero-order valence-electron chi connectivity index (χ0n) is 13.7. The van der Waals surface area contributed by atoms with Gasteiger partial charge in [-0.2, -0.15) is 0 Å². The third-order valence-corrected chi connectivity index (χ3v) is 4.54. The minimum atomic E-state index is -4.71. The van der Waals surface area contributed by atoms with E-state index in [2.05, 4.69) is 21.5 Å². The third kappa shape index (κ3) is 4.02. The SMILES string of the molecule is C=C(C)c1cc(-c2nnc(-c3ccc(OC(F)(F)F)cc3)s2)ccc1N. The number of nitrogen functional groups attached to an aromatic ring is 1. The van der Waals surface area contributed by atoms with Crippen LogP contribution in [0, 0.1) is 0 Å². The van der Waals surface area contributed by atoms with Crippen molar-refractivity contribution in [1.29, 1.82) is 0 Å². The first kappa shape index (κ1) is 17.9. The Balaban J connectivity index is 1.86. The number of alkyl halides is 3. The summed E-state index contributed by atoms with van der Waals surface area (Å²) in [7, 11) is 0. The van der Waals surface area contributed by atoms with E-state index >= 15 is 0 Å². The zero-order chi connectivity index (χ0) is 18.9. The van der Waals surface area contributed by atoms with Gasteiger partial charge in [0.2, 0.25) is 0 Å². The first-order valence-electron chi connectivity index (χ1n) is 7.48. The lowest BCUT2D eigenvalue weighted by Gasteiger charge is -2.08. The van der Waals surface area contributed by atoms with Crippen molar-refractivity contribution in [2.75, 3.05) is 5.73 Å². The van der Waals surface area contributed by atoms with E-state index in [1.54, 1.807) is 6.07 Å². The van der Waals surface area contributed by atoms with Crippen molar-refractivity contribution in [3.05, 3.63) is 54.6 Å². The second-order valence-corrected chi connectivity index (χ2v) is 6.54. The number of aromatic nitrogens is 2. The predicted octanol–water partition coefficient (Wildman–Crippen LogP) is 5.39. The van der Waals surface area contributed by atoms with E-state index < -0.39 is 6.36 Å². The molecule has 26 heavy (non-hydrogen) atoms. The minimum Gasteiger partial charge on any atom is -0.406 e. The highest BCUT2D eigenvalue weighted by molar-refractivity contribution is 7.17. The van der Waals surface area contributed by atoms with Crippen LogP contribution in [0.15, 0.2) is 49.0 Å². The molecule has 2 aromatic carbocycles. The molecule has 0 aliphatic rings. The number of allylic oxidation sites excluding steroid dienone is 1. The highest BCUT2D eigenvalue weighted by Gasteiger charge is 2.31. The van der Waals surface area contributed by atoms with E-state index in [1.165, 1.54) is 35.6 Å². The van der Waals surface area contributed by atoms with Gasteiger partial charge >= 0.3 is 6.36 Å². The van der Waals surface area contributed by atoms with Gasteiger partial charge in [-0.3, -0.25) is 0 Å². The largest absolute Gasteiger partial charge is 0.573 e. The molecule has 0 amide bonds. The first-order chi connectivity index (χ1) is 12.2. The van der Waals surface area contributed by atoms with E-state index in [9.17, 15) is 13.2 Å². The number of rotatable bonds is 4. The molecule has 4 nitrogen and oxygen atoms in total. The number of hydrogen-bond acceptors (Lipinski definition) is 5. The summed E-state index contributed by atoms with van der Waals surface area (Å²) in [5.74, 6) is -0.282. The molecule has 134 valence electrons. The van der Waals surface area contributed by atoms with Gasteiger partial charge in [0.05, 0.1) is 0 Å². The van der Waals surface area contributed by atoms with Gasteiger partial charge in [0, 0.05) is 22.4 Å². The molecule has 0 saturated heterocycles.